The lowest BCUT2D eigenvalue weighted by Gasteiger charge is -2.24. The first kappa shape index (κ1) is 14.1. The van der Waals surface area contributed by atoms with Gasteiger partial charge >= 0.3 is 0 Å². The van der Waals surface area contributed by atoms with Crippen molar-refractivity contribution in [2.75, 3.05) is 19.7 Å². The fraction of sp³-hybridized carbons (Fsp3) is 0.562. The molecule has 0 aliphatic carbocycles. The lowest BCUT2D eigenvalue weighted by molar-refractivity contribution is 0.107. The molecule has 1 aliphatic rings. The van der Waals surface area contributed by atoms with Gasteiger partial charge in [0.05, 0.1) is 0 Å². The summed E-state index contributed by atoms with van der Waals surface area (Å²) >= 11 is 0. The number of aliphatic imine (C=N–C) groups is 1. The summed E-state index contributed by atoms with van der Waals surface area (Å²) in [6, 6.07) is 8.70. The Morgan fingerprint density at radius 3 is 2.42 bits per heavy atom. The van der Waals surface area contributed by atoms with Crippen molar-refractivity contribution in [3.8, 4) is 0 Å². The molecule has 0 spiro atoms. The summed E-state index contributed by atoms with van der Waals surface area (Å²) in [7, 11) is 0. The van der Waals surface area contributed by atoms with E-state index < -0.39 is 0 Å². The van der Waals surface area contributed by atoms with Crippen LogP contribution in [0.5, 0.6) is 0 Å². The number of hydrogen-bond acceptors (Lipinski definition) is 3. The molecule has 1 aromatic rings. The normalized spacial score (nSPS) is 16.9. The number of ether oxygens (including phenoxy) is 1. The number of amidine groups is 1. The van der Waals surface area contributed by atoms with Crippen LogP contribution in [0.3, 0.4) is 0 Å². The van der Waals surface area contributed by atoms with E-state index in [4.69, 9.17) is 4.74 Å². The van der Waals surface area contributed by atoms with E-state index in [1.54, 1.807) is 0 Å². The van der Waals surface area contributed by atoms with E-state index in [-0.39, 0.29) is 6.10 Å². The highest BCUT2D eigenvalue weighted by Gasteiger charge is 2.20. The van der Waals surface area contributed by atoms with E-state index in [0.717, 1.165) is 25.3 Å². The van der Waals surface area contributed by atoms with Crippen LogP contribution in [-0.4, -0.2) is 25.5 Å². The average Bonchev–Trinajstić information content (AvgIpc) is 2.46. The van der Waals surface area contributed by atoms with Gasteiger partial charge in [-0.15, -0.1) is 0 Å². The second kappa shape index (κ2) is 6.71. The Hall–Kier alpha value is -1.35. The van der Waals surface area contributed by atoms with Gasteiger partial charge in [0.15, 0.2) is 0 Å². The van der Waals surface area contributed by atoms with Crippen molar-refractivity contribution in [2.45, 2.75) is 39.2 Å². The lowest BCUT2D eigenvalue weighted by atomic mass is 9.99. The minimum absolute atomic E-state index is 0.0495. The predicted molar refractivity (Wildman–Crippen MR) is 79.8 cm³/mol. The second-order valence-corrected chi connectivity index (χ2v) is 5.20. The Morgan fingerprint density at radius 1 is 1.21 bits per heavy atom. The first-order valence-corrected chi connectivity index (χ1v) is 7.22. The van der Waals surface area contributed by atoms with Gasteiger partial charge in [-0.2, -0.15) is 0 Å². The Morgan fingerprint density at radius 2 is 1.89 bits per heavy atom. The first-order chi connectivity index (χ1) is 9.22. The molecular formula is C16H24N2O. The highest BCUT2D eigenvalue weighted by atomic mass is 16.5. The van der Waals surface area contributed by atoms with E-state index in [1.807, 2.05) is 6.92 Å². The van der Waals surface area contributed by atoms with Crippen LogP contribution < -0.4 is 5.32 Å². The molecule has 3 nitrogen and oxygen atoms in total. The quantitative estimate of drug-likeness (QED) is 0.881. The summed E-state index contributed by atoms with van der Waals surface area (Å²) in [5.74, 6) is 1.54. The maximum absolute atomic E-state index is 5.87. The molecule has 1 atom stereocenters. The summed E-state index contributed by atoms with van der Waals surface area (Å²) in [6.45, 7) is 9.03. The molecule has 1 aromatic carbocycles. The van der Waals surface area contributed by atoms with Gasteiger partial charge in [0.1, 0.15) is 11.9 Å². The maximum atomic E-state index is 5.87. The van der Waals surface area contributed by atoms with Gasteiger partial charge in [0.25, 0.3) is 0 Å². The third kappa shape index (κ3) is 3.57. The van der Waals surface area contributed by atoms with E-state index in [0.29, 0.717) is 12.5 Å². The standard InChI is InChI=1S/C16H24N2O/c1-4-19-15(16-17-10-5-11-18-16)14-8-6-13(7-9-14)12(2)3/h6-9,12,15H,4-5,10-11H2,1-3H3,(H,17,18)/t15-/m0/s1. The Labute approximate surface area is 116 Å². The van der Waals surface area contributed by atoms with Crippen LogP contribution >= 0.6 is 0 Å². The van der Waals surface area contributed by atoms with Crippen LogP contribution in [0.25, 0.3) is 0 Å². The smallest absolute Gasteiger partial charge is 0.139 e. The number of hydrogen-bond donors (Lipinski definition) is 1. The van der Waals surface area contributed by atoms with E-state index in [2.05, 4.69) is 48.4 Å². The Balaban J connectivity index is 2.20. The Bertz CT molecular complexity index is 423. The highest BCUT2D eigenvalue weighted by Crippen LogP contribution is 2.22. The third-order valence-corrected chi connectivity index (χ3v) is 3.41. The van der Waals surface area contributed by atoms with Crippen molar-refractivity contribution in [3.05, 3.63) is 35.4 Å². The van der Waals surface area contributed by atoms with Crippen molar-refractivity contribution >= 4 is 5.84 Å². The van der Waals surface area contributed by atoms with Crippen LogP contribution in [0.2, 0.25) is 0 Å². The van der Waals surface area contributed by atoms with Crippen LogP contribution in [0, 0.1) is 0 Å². The van der Waals surface area contributed by atoms with Crippen LogP contribution in [0.15, 0.2) is 29.3 Å². The fourth-order valence-electron chi connectivity index (χ4n) is 2.28. The molecule has 0 unspecified atom stereocenters. The second-order valence-electron chi connectivity index (χ2n) is 5.20. The SMILES string of the molecule is CCO[C@H](C1=NCCCN1)c1ccc(C(C)C)cc1. The number of rotatable bonds is 5. The van der Waals surface area contributed by atoms with Crippen molar-refractivity contribution in [2.24, 2.45) is 4.99 Å². The lowest BCUT2D eigenvalue weighted by Crippen LogP contribution is -2.35. The molecule has 1 heterocycles. The molecule has 1 N–H and O–H groups in total. The molecule has 19 heavy (non-hydrogen) atoms. The predicted octanol–water partition coefficient (Wildman–Crippen LogP) is 3.28. The zero-order valence-corrected chi connectivity index (χ0v) is 12.1. The van der Waals surface area contributed by atoms with Gasteiger partial charge in [-0.1, -0.05) is 38.1 Å². The monoisotopic (exact) mass is 260 g/mol. The topological polar surface area (TPSA) is 33.6 Å². The van der Waals surface area contributed by atoms with Crippen molar-refractivity contribution < 1.29 is 4.74 Å². The molecule has 0 fully saturated rings. The summed E-state index contributed by atoms with van der Waals surface area (Å²) in [4.78, 5) is 4.56. The van der Waals surface area contributed by atoms with Gasteiger partial charge in [0, 0.05) is 19.7 Å². The summed E-state index contributed by atoms with van der Waals surface area (Å²) in [5, 5.41) is 3.36. The molecule has 0 radical (unpaired) electrons. The van der Waals surface area contributed by atoms with E-state index >= 15 is 0 Å². The van der Waals surface area contributed by atoms with Gasteiger partial charge in [0.2, 0.25) is 0 Å². The third-order valence-electron chi connectivity index (χ3n) is 3.41. The largest absolute Gasteiger partial charge is 0.371 e. The van der Waals surface area contributed by atoms with Gasteiger partial charge < -0.3 is 10.1 Å². The molecule has 0 saturated heterocycles. The molecule has 0 bridgehead atoms. The Kier molecular flexibility index (Phi) is 4.97. The number of nitrogens with one attached hydrogen (secondary N) is 1. The van der Waals surface area contributed by atoms with Crippen LogP contribution in [0.1, 0.15) is 50.3 Å². The molecule has 0 amide bonds. The fourth-order valence-corrected chi connectivity index (χ4v) is 2.28. The van der Waals surface area contributed by atoms with Gasteiger partial charge in [-0.25, -0.2) is 0 Å². The zero-order valence-electron chi connectivity index (χ0n) is 12.1. The number of nitrogens with zero attached hydrogens (tertiary/aromatic N) is 1. The molecule has 0 aromatic heterocycles. The molecule has 104 valence electrons. The minimum Gasteiger partial charge on any atom is -0.371 e. The molecule has 0 saturated carbocycles. The minimum atomic E-state index is -0.0495. The van der Waals surface area contributed by atoms with Crippen molar-refractivity contribution in [1.29, 1.82) is 0 Å². The summed E-state index contributed by atoms with van der Waals surface area (Å²) in [5.41, 5.74) is 2.54. The van der Waals surface area contributed by atoms with Gasteiger partial charge in [-0.3, -0.25) is 4.99 Å². The van der Waals surface area contributed by atoms with Crippen LogP contribution in [-0.2, 0) is 4.74 Å². The maximum Gasteiger partial charge on any atom is 0.139 e. The summed E-state index contributed by atoms with van der Waals surface area (Å²) < 4.78 is 5.87. The average molecular weight is 260 g/mol. The summed E-state index contributed by atoms with van der Waals surface area (Å²) in [6.07, 6.45) is 1.06. The highest BCUT2D eigenvalue weighted by molar-refractivity contribution is 5.88. The van der Waals surface area contributed by atoms with E-state index in [9.17, 15) is 0 Å². The molecule has 2 rings (SSSR count). The van der Waals surface area contributed by atoms with Crippen molar-refractivity contribution in [1.82, 2.24) is 5.32 Å². The zero-order chi connectivity index (χ0) is 13.7. The number of benzene rings is 1. The van der Waals surface area contributed by atoms with Gasteiger partial charge in [-0.05, 0) is 30.4 Å². The van der Waals surface area contributed by atoms with E-state index in [1.165, 1.54) is 11.1 Å². The molecule has 3 heteroatoms. The molecule has 1 aliphatic heterocycles. The molecular weight excluding hydrogens is 236 g/mol. The van der Waals surface area contributed by atoms with Crippen molar-refractivity contribution in [3.63, 3.8) is 0 Å². The first-order valence-electron chi connectivity index (χ1n) is 7.22. The van der Waals surface area contributed by atoms with Crippen LogP contribution in [0.4, 0.5) is 0 Å².